The van der Waals surface area contributed by atoms with Crippen LogP contribution in [0.25, 0.3) is 5.78 Å². The highest BCUT2D eigenvalue weighted by Crippen LogP contribution is 2.19. The molecule has 1 saturated carbocycles. The van der Waals surface area contributed by atoms with Gasteiger partial charge in [0.1, 0.15) is 6.33 Å². The standard InChI is InChI=1S/C16H23N5O2/c1-10-12(11(2)21-16(19-10)17-9-18-21)7-8-15(23)20-13-5-3-4-6-14(13)22/h9,13-14,22H,3-8H2,1-2H3,(H,20,23). The van der Waals surface area contributed by atoms with Crippen LogP contribution in [0, 0.1) is 13.8 Å². The van der Waals surface area contributed by atoms with E-state index >= 15 is 0 Å². The van der Waals surface area contributed by atoms with Gasteiger partial charge in [-0.2, -0.15) is 10.1 Å². The Morgan fingerprint density at radius 1 is 1.39 bits per heavy atom. The summed E-state index contributed by atoms with van der Waals surface area (Å²) in [7, 11) is 0. The van der Waals surface area contributed by atoms with E-state index in [1.807, 2.05) is 13.8 Å². The van der Waals surface area contributed by atoms with Crippen LogP contribution in [0.2, 0.25) is 0 Å². The minimum absolute atomic E-state index is 0.0200. The van der Waals surface area contributed by atoms with Crippen LogP contribution >= 0.6 is 0 Å². The monoisotopic (exact) mass is 317 g/mol. The van der Waals surface area contributed by atoms with Gasteiger partial charge < -0.3 is 10.4 Å². The molecule has 1 aliphatic rings. The minimum Gasteiger partial charge on any atom is -0.391 e. The van der Waals surface area contributed by atoms with Crippen LogP contribution in [0.5, 0.6) is 0 Å². The third kappa shape index (κ3) is 3.34. The van der Waals surface area contributed by atoms with Gasteiger partial charge in [-0.3, -0.25) is 4.79 Å². The van der Waals surface area contributed by atoms with Crippen LogP contribution in [0.3, 0.4) is 0 Å². The number of fused-ring (bicyclic) bond motifs is 1. The number of nitrogens with zero attached hydrogens (tertiary/aromatic N) is 4. The lowest BCUT2D eigenvalue weighted by Gasteiger charge is -2.28. The second kappa shape index (κ2) is 6.62. The lowest BCUT2D eigenvalue weighted by molar-refractivity contribution is -0.123. The van der Waals surface area contributed by atoms with Gasteiger partial charge in [0.15, 0.2) is 0 Å². The van der Waals surface area contributed by atoms with Crippen molar-refractivity contribution in [3.05, 3.63) is 23.3 Å². The van der Waals surface area contributed by atoms with Gasteiger partial charge in [-0.05, 0) is 38.7 Å². The van der Waals surface area contributed by atoms with E-state index in [0.717, 1.165) is 42.6 Å². The SMILES string of the molecule is Cc1nc2ncnn2c(C)c1CCC(=O)NC1CCCCC1O. The van der Waals surface area contributed by atoms with Crippen molar-refractivity contribution in [3.8, 4) is 0 Å². The number of aryl methyl sites for hydroxylation is 2. The molecule has 0 spiro atoms. The molecule has 3 rings (SSSR count). The Hall–Kier alpha value is -2.02. The summed E-state index contributed by atoms with van der Waals surface area (Å²) >= 11 is 0. The van der Waals surface area contributed by atoms with Gasteiger partial charge in [-0.1, -0.05) is 12.8 Å². The zero-order valence-electron chi connectivity index (χ0n) is 13.6. The van der Waals surface area contributed by atoms with E-state index in [4.69, 9.17) is 0 Å². The third-order valence-corrected chi connectivity index (χ3v) is 4.67. The van der Waals surface area contributed by atoms with Crippen molar-refractivity contribution in [1.29, 1.82) is 0 Å². The summed E-state index contributed by atoms with van der Waals surface area (Å²) < 4.78 is 1.70. The van der Waals surface area contributed by atoms with E-state index in [1.54, 1.807) is 4.52 Å². The number of aliphatic hydroxyl groups is 1. The Bertz CT molecular complexity index is 712. The third-order valence-electron chi connectivity index (χ3n) is 4.67. The molecule has 0 aliphatic heterocycles. The molecule has 2 atom stereocenters. The Labute approximate surface area is 135 Å². The van der Waals surface area contributed by atoms with Crippen LogP contribution in [0.1, 0.15) is 49.1 Å². The lowest BCUT2D eigenvalue weighted by Crippen LogP contribution is -2.45. The number of rotatable bonds is 4. The van der Waals surface area contributed by atoms with Crippen LogP contribution in [0.15, 0.2) is 6.33 Å². The van der Waals surface area contributed by atoms with E-state index in [-0.39, 0.29) is 11.9 Å². The number of amides is 1. The molecule has 1 amide bonds. The van der Waals surface area contributed by atoms with Crippen molar-refractivity contribution >= 4 is 11.7 Å². The van der Waals surface area contributed by atoms with Crippen molar-refractivity contribution in [1.82, 2.24) is 24.9 Å². The van der Waals surface area contributed by atoms with Gasteiger partial charge in [0.2, 0.25) is 5.91 Å². The average molecular weight is 317 g/mol. The number of aromatic nitrogens is 4. The molecule has 2 aromatic heterocycles. The number of carbonyl (C=O) groups excluding carboxylic acids is 1. The van der Waals surface area contributed by atoms with Crippen LogP contribution in [-0.2, 0) is 11.2 Å². The largest absolute Gasteiger partial charge is 0.391 e. The maximum Gasteiger partial charge on any atom is 0.252 e. The van der Waals surface area contributed by atoms with Gasteiger partial charge in [-0.25, -0.2) is 9.50 Å². The topological polar surface area (TPSA) is 92.4 Å². The summed E-state index contributed by atoms with van der Waals surface area (Å²) in [6, 6.07) is -0.102. The molecular weight excluding hydrogens is 294 g/mol. The molecule has 2 aromatic rings. The number of aliphatic hydroxyl groups excluding tert-OH is 1. The van der Waals surface area contributed by atoms with Crippen molar-refractivity contribution in [3.63, 3.8) is 0 Å². The van der Waals surface area contributed by atoms with Crippen molar-refractivity contribution in [2.45, 2.75) is 64.5 Å². The van der Waals surface area contributed by atoms with Crippen molar-refractivity contribution in [2.24, 2.45) is 0 Å². The van der Waals surface area contributed by atoms with Gasteiger partial charge in [0, 0.05) is 17.8 Å². The molecule has 1 aliphatic carbocycles. The van der Waals surface area contributed by atoms with E-state index < -0.39 is 6.10 Å². The van der Waals surface area contributed by atoms with Crippen LogP contribution in [-0.4, -0.2) is 42.7 Å². The maximum absolute atomic E-state index is 12.2. The van der Waals surface area contributed by atoms with Gasteiger partial charge in [0.25, 0.3) is 5.78 Å². The molecule has 23 heavy (non-hydrogen) atoms. The Morgan fingerprint density at radius 2 is 2.17 bits per heavy atom. The summed E-state index contributed by atoms with van der Waals surface area (Å²) in [5, 5.41) is 17.1. The smallest absolute Gasteiger partial charge is 0.252 e. The number of hydrogen-bond acceptors (Lipinski definition) is 5. The van der Waals surface area contributed by atoms with E-state index in [0.29, 0.717) is 18.6 Å². The Kier molecular flexibility index (Phi) is 4.56. The van der Waals surface area contributed by atoms with E-state index in [9.17, 15) is 9.90 Å². The Morgan fingerprint density at radius 3 is 2.96 bits per heavy atom. The number of carbonyl (C=O) groups is 1. The summed E-state index contributed by atoms with van der Waals surface area (Å²) in [5.74, 6) is 0.562. The molecule has 124 valence electrons. The predicted molar refractivity (Wildman–Crippen MR) is 85.0 cm³/mol. The molecule has 0 saturated heterocycles. The predicted octanol–water partition coefficient (Wildman–Crippen LogP) is 1.09. The molecular formula is C16H23N5O2. The number of nitrogens with one attached hydrogen (secondary N) is 1. The summed E-state index contributed by atoms with van der Waals surface area (Å²) in [6.07, 6.45) is 5.79. The minimum atomic E-state index is -0.413. The second-order valence-corrected chi connectivity index (χ2v) is 6.26. The normalized spacial score (nSPS) is 21.5. The number of hydrogen-bond donors (Lipinski definition) is 2. The molecule has 2 N–H and O–H groups in total. The maximum atomic E-state index is 12.2. The first-order valence-electron chi connectivity index (χ1n) is 8.19. The first kappa shape index (κ1) is 15.9. The molecule has 7 nitrogen and oxygen atoms in total. The highest BCUT2D eigenvalue weighted by molar-refractivity contribution is 5.76. The molecule has 2 unspecified atom stereocenters. The quantitative estimate of drug-likeness (QED) is 0.881. The Balaban J connectivity index is 1.64. The highest BCUT2D eigenvalue weighted by atomic mass is 16.3. The molecule has 1 fully saturated rings. The van der Waals surface area contributed by atoms with Gasteiger partial charge in [0.05, 0.1) is 12.1 Å². The first-order chi connectivity index (χ1) is 11.1. The van der Waals surface area contributed by atoms with E-state index in [2.05, 4.69) is 20.4 Å². The van der Waals surface area contributed by atoms with E-state index in [1.165, 1.54) is 6.33 Å². The van der Waals surface area contributed by atoms with Gasteiger partial charge in [-0.15, -0.1) is 0 Å². The summed E-state index contributed by atoms with van der Waals surface area (Å²) in [4.78, 5) is 20.7. The van der Waals surface area contributed by atoms with Crippen molar-refractivity contribution in [2.75, 3.05) is 0 Å². The zero-order valence-corrected chi connectivity index (χ0v) is 13.6. The average Bonchev–Trinajstić information content (AvgIpc) is 2.98. The molecule has 7 heteroatoms. The molecule has 0 radical (unpaired) electrons. The fourth-order valence-electron chi connectivity index (χ4n) is 3.31. The first-order valence-corrected chi connectivity index (χ1v) is 8.19. The summed E-state index contributed by atoms with van der Waals surface area (Å²) in [5.41, 5.74) is 2.88. The lowest BCUT2D eigenvalue weighted by atomic mass is 9.92. The molecule has 0 aromatic carbocycles. The van der Waals surface area contributed by atoms with Crippen LogP contribution < -0.4 is 5.32 Å². The zero-order chi connectivity index (χ0) is 16.4. The van der Waals surface area contributed by atoms with Crippen molar-refractivity contribution < 1.29 is 9.90 Å². The molecule has 0 bridgehead atoms. The fourth-order valence-corrected chi connectivity index (χ4v) is 3.31. The van der Waals surface area contributed by atoms with Gasteiger partial charge >= 0.3 is 0 Å². The highest BCUT2D eigenvalue weighted by Gasteiger charge is 2.24. The summed E-state index contributed by atoms with van der Waals surface area (Å²) in [6.45, 7) is 3.90. The fraction of sp³-hybridized carbons (Fsp3) is 0.625. The molecule has 2 heterocycles. The second-order valence-electron chi connectivity index (χ2n) is 6.26. The van der Waals surface area contributed by atoms with Crippen LogP contribution in [0.4, 0.5) is 0 Å².